The molecule has 3 rings (SSSR count). The van der Waals surface area contributed by atoms with E-state index >= 15 is 0 Å². The number of fused-ring (bicyclic) bond motifs is 1. The van der Waals surface area contributed by atoms with Crippen LogP contribution in [0, 0.1) is 11.7 Å². The van der Waals surface area contributed by atoms with Crippen molar-refractivity contribution in [2.24, 2.45) is 10.9 Å². The zero-order valence-corrected chi connectivity index (χ0v) is 16.1. The maximum absolute atomic E-state index is 14.4. The molecule has 0 spiro atoms. The van der Waals surface area contributed by atoms with Gasteiger partial charge in [0.05, 0.1) is 0 Å². The van der Waals surface area contributed by atoms with E-state index in [1.807, 2.05) is 0 Å². The van der Waals surface area contributed by atoms with Crippen molar-refractivity contribution in [1.82, 2.24) is 0 Å². The Morgan fingerprint density at radius 3 is 2.77 bits per heavy atom. The molecule has 142 valence electrons. The van der Waals surface area contributed by atoms with Crippen LogP contribution >= 0.6 is 15.9 Å². The second kappa shape index (κ2) is 6.55. The first-order chi connectivity index (χ1) is 12.0. The summed E-state index contributed by atoms with van der Waals surface area (Å²) in [6.07, 6.45) is -3.49. The Hall–Kier alpha value is -1.57. The molecule has 0 bridgehead atoms. The molecule has 1 aromatic rings. The minimum absolute atomic E-state index is 0.141. The first-order valence-electron chi connectivity index (χ1n) is 8.24. The van der Waals surface area contributed by atoms with Crippen LogP contribution < -0.4 is 0 Å². The number of aliphatic imine (C=N–C) groups is 1. The van der Waals surface area contributed by atoms with E-state index < -0.39 is 41.4 Å². The fourth-order valence-corrected chi connectivity index (χ4v) is 3.59. The number of halogens is 4. The number of hydrogen-bond donors (Lipinski definition) is 0. The van der Waals surface area contributed by atoms with Crippen molar-refractivity contribution in [3.8, 4) is 0 Å². The number of nitrogens with zero attached hydrogens (tertiary/aromatic N) is 1. The smallest absolute Gasteiger partial charge is 0.315 e. The van der Waals surface area contributed by atoms with Crippen molar-refractivity contribution < 1.29 is 27.4 Å². The van der Waals surface area contributed by atoms with E-state index in [0.29, 0.717) is 10.9 Å². The Morgan fingerprint density at radius 2 is 2.15 bits per heavy atom. The fourth-order valence-electron chi connectivity index (χ4n) is 3.23. The van der Waals surface area contributed by atoms with Crippen LogP contribution in [-0.2, 0) is 19.8 Å². The normalized spacial score (nSPS) is 27.5. The van der Waals surface area contributed by atoms with Crippen LogP contribution in [0.4, 0.5) is 13.2 Å². The van der Waals surface area contributed by atoms with Gasteiger partial charge in [0.15, 0.2) is 11.4 Å². The molecule has 1 heterocycles. The molecular formula is C18H19BrF3NO3. The maximum atomic E-state index is 14.4. The standard InChI is InChI=1S/C18H19BrF3NO3/c1-17(2,3)26-15(24)8-14-23-18(16(21)22,11-7-13(11)25-14)10-6-9(19)4-5-12(10)20/h4-6,11,13,16H,7-8H2,1-3H3/t11-,13+,18+/m0/s1. The van der Waals surface area contributed by atoms with Crippen molar-refractivity contribution in [1.29, 1.82) is 0 Å². The van der Waals surface area contributed by atoms with Crippen molar-refractivity contribution >= 4 is 27.8 Å². The Morgan fingerprint density at radius 1 is 1.46 bits per heavy atom. The first-order valence-corrected chi connectivity index (χ1v) is 9.03. The van der Waals surface area contributed by atoms with Crippen LogP contribution in [-0.4, -0.2) is 30.0 Å². The number of benzene rings is 1. The van der Waals surface area contributed by atoms with E-state index in [2.05, 4.69) is 20.9 Å². The summed E-state index contributed by atoms with van der Waals surface area (Å²) in [5, 5.41) is 0. The molecule has 1 saturated carbocycles. The maximum Gasteiger partial charge on any atom is 0.315 e. The van der Waals surface area contributed by atoms with Crippen LogP contribution in [0.2, 0.25) is 0 Å². The highest BCUT2D eigenvalue weighted by atomic mass is 79.9. The quantitative estimate of drug-likeness (QED) is 0.652. The third-order valence-corrected chi connectivity index (χ3v) is 4.80. The Labute approximate surface area is 157 Å². The zero-order valence-electron chi connectivity index (χ0n) is 14.6. The van der Waals surface area contributed by atoms with Gasteiger partial charge in [-0.1, -0.05) is 15.9 Å². The molecule has 26 heavy (non-hydrogen) atoms. The summed E-state index contributed by atoms with van der Waals surface area (Å²) < 4.78 is 53.9. The van der Waals surface area contributed by atoms with Gasteiger partial charge in [0.2, 0.25) is 0 Å². The summed E-state index contributed by atoms with van der Waals surface area (Å²) >= 11 is 3.19. The minimum atomic E-state index is -2.95. The van der Waals surface area contributed by atoms with Gasteiger partial charge in [-0.25, -0.2) is 18.2 Å². The highest BCUT2D eigenvalue weighted by molar-refractivity contribution is 9.10. The van der Waals surface area contributed by atoms with E-state index in [9.17, 15) is 18.0 Å². The predicted octanol–water partition coefficient (Wildman–Crippen LogP) is 4.60. The molecule has 4 nitrogen and oxygen atoms in total. The van der Waals surface area contributed by atoms with E-state index in [-0.39, 0.29) is 17.9 Å². The highest BCUT2D eigenvalue weighted by Gasteiger charge is 2.64. The molecule has 0 unspecified atom stereocenters. The summed E-state index contributed by atoms with van der Waals surface area (Å²) in [5.74, 6) is -2.17. The van der Waals surface area contributed by atoms with Crippen molar-refractivity contribution in [2.45, 2.75) is 57.3 Å². The molecule has 3 atom stereocenters. The third-order valence-electron chi connectivity index (χ3n) is 4.30. The predicted molar refractivity (Wildman–Crippen MR) is 92.7 cm³/mol. The molecule has 0 amide bonds. The van der Waals surface area contributed by atoms with Crippen molar-refractivity contribution in [3.63, 3.8) is 0 Å². The summed E-state index contributed by atoms with van der Waals surface area (Å²) in [5.41, 5.74) is -2.97. The molecule has 0 N–H and O–H groups in total. The second-order valence-electron chi connectivity index (χ2n) is 7.52. The number of hydrogen-bond acceptors (Lipinski definition) is 4. The third kappa shape index (κ3) is 3.61. The number of rotatable bonds is 4. The second-order valence-corrected chi connectivity index (χ2v) is 8.43. The van der Waals surface area contributed by atoms with Crippen LogP contribution in [0.25, 0.3) is 0 Å². The van der Waals surface area contributed by atoms with Crippen LogP contribution in [0.15, 0.2) is 27.7 Å². The molecule has 1 aliphatic carbocycles. The molecule has 0 radical (unpaired) electrons. The monoisotopic (exact) mass is 433 g/mol. The summed E-state index contributed by atoms with van der Waals surface area (Å²) in [7, 11) is 0. The molecule has 8 heteroatoms. The van der Waals surface area contributed by atoms with Crippen LogP contribution in [0.5, 0.6) is 0 Å². The number of esters is 1. The minimum Gasteiger partial charge on any atom is -0.477 e. The lowest BCUT2D eigenvalue weighted by Gasteiger charge is -2.34. The molecule has 1 fully saturated rings. The lowest BCUT2D eigenvalue weighted by atomic mass is 9.84. The van der Waals surface area contributed by atoms with Gasteiger partial charge in [-0.3, -0.25) is 4.79 Å². The van der Waals surface area contributed by atoms with Gasteiger partial charge in [-0.05, 0) is 45.4 Å². The number of ether oxygens (including phenoxy) is 2. The molecule has 2 aliphatic rings. The summed E-state index contributed by atoms with van der Waals surface area (Å²) in [4.78, 5) is 16.1. The van der Waals surface area contributed by atoms with Crippen molar-refractivity contribution in [2.75, 3.05) is 0 Å². The SMILES string of the molecule is CC(C)(C)OC(=O)CC1=N[C@@](c2cc(Br)ccc2F)(C(F)F)[C@H]2C[C@H]2O1. The molecule has 0 saturated heterocycles. The fraction of sp³-hybridized carbons (Fsp3) is 0.556. The number of alkyl halides is 2. The summed E-state index contributed by atoms with van der Waals surface area (Å²) in [6, 6.07) is 3.88. The van der Waals surface area contributed by atoms with E-state index in [4.69, 9.17) is 9.47 Å². The van der Waals surface area contributed by atoms with Gasteiger partial charge in [0, 0.05) is 16.0 Å². The molecule has 1 aromatic carbocycles. The van der Waals surface area contributed by atoms with E-state index in [1.54, 1.807) is 20.8 Å². The topological polar surface area (TPSA) is 47.9 Å². The summed E-state index contributed by atoms with van der Waals surface area (Å²) in [6.45, 7) is 5.10. The molecule has 0 aromatic heterocycles. The largest absolute Gasteiger partial charge is 0.477 e. The number of carbonyl (C=O) groups excluding carboxylic acids is 1. The zero-order chi connectivity index (χ0) is 19.3. The Bertz CT molecular complexity index is 763. The molecular weight excluding hydrogens is 415 g/mol. The van der Waals surface area contributed by atoms with Crippen molar-refractivity contribution in [3.05, 3.63) is 34.1 Å². The van der Waals surface area contributed by atoms with Gasteiger partial charge in [0.1, 0.15) is 23.9 Å². The Kier molecular flexibility index (Phi) is 4.83. The van der Waals surface area contributed by atoms with Gasteiger partial charge < -0.3 is 9.47 Å². The van der Waals surface area contributed by atoms with Gasteiger partial charge in [-0.15, -0.1) is 0 Å². The van der Waals surface area contributed by atoms with Gasteiger partial charge in [-0.2, -0.15) is 0 Å². The lowest BCUT2D eigenvalue weighted by molar-refractivity contribution is -0.153. The van der Waals surface area contributed by atoms with E-state index in [1.165, 1.54) is 12.1 Å². The highest BCUT2D eigenvalue weighted by Crippen LogP contribution is 2.56. The van der Waals surface area contributed by atoms with Gasteiger partial charge in [0.25, 0.3) is 6.43 Å². The van der Waals surface area contributed by atoms with Crippen LogP contribution in [0.1, 0.15) is 39.2 Å². The number of carbonyl (C=O) groups is 1. The average Bonchev–Trinajstić information content (AvgIpc) is 3.26. The van der Waals surface area contributed by atoms with E-state index in [0.717, 1.165) is 6.07 Å². The van der Waals surface area contributed by atoms with Crippen LogP contribution in [0.3, 0.4) is 0 Å². The lowest BCUT2D eigenvalue weighted by Crippen LogP contribution is -2.42. The van der Waals surface area contributed by atoms with Gasteiger partial charge >= 0.3 is 5.97 Å². The first kappa shape index (κ1) is 19.2. The Balaban J connectivity index is 1.99. The average molecular weight is 434 g/mol. The molecule has 1 aliphatic heterocycles.